The lowest BCUT2D eigenvalue weighted by atomic mass is 10.0. The molecule has 2 unspecified atom stereocenters. The van der Waals surface area contributed by atoms with E-state index in [0.29, 0.717) is 28.6 Å². The molecule has 0 bridgehead atoms. The summed E-state index contributed by atoms with van der Waals surface area (Å²) >= 11 is 0. The van der Waals surface area contributed by atoms with Gasteiger partial charge in [0.25, 0.3) is 0 Å². The van der Waals surface area contributed by atoms with E-state index in [0.717, 1.165) is 11.1 Å². The van der Waals surface area contributed by atoms with Crippen LogP contribution in [0.25, 0.3) is 0 Å². The number of benzene rings is 3. The summed E-state index contributed by atoms with van der Waals surface area (Å²) in [5, 5.41) is 11.1. The van der Waals surface area contributed by atoms with Gasteiger partial charge in [0.2, 0.25) is 6.10 Å². The van der Waals surface area contributed by atoms with E-state index in [4.69, 9.17) is 33.2 Å². The number of carbonyl (C=O) groups is 1. The summed E-state index contributed by atoms with van der Waals surface area (Å²) in [7, 11) is 3.17. The highest BCUT2D eigenvalue weighted by atomic mass is 16.7. The third-order valence-corrected chi connectivity index (χ3v) is 6.68. The van der Waals surface area contributed by atoms with Crippen LogP contribution in [0.5, 0.6) is 23.0 Å². The minimum absolute atomic E-state index is 0.162. The fraction of sp³-hybridized carbons (Fsp3) is 0.406. The van der Waals surface area contributed by atoms with Crippen LogP contribution in [0.3, 0.4) is 0 Å². The zero-order valence-electron chi connectivity index (χ0n) is 24.3. The minimum Gasteiger partial charge on any atom is -0.493 e. The van der Waals surface area contributed by atoms with Crippen molar-refractivity contribution in [3.8, 4) is 23.0 Å². The molecule has 1 aliphatic rings. The highest BCUT2D eigenvalue weighted by Crippen LogP contribution is 2.39. The van der Waals surface area contributed by atoms with Gasteiger partial charge in [-0.1, -0.05) is 35.9 Å². The SMILES string of the molecule is CCOC(=O)C(Oc1ccc(C)cc1)C(O)c1ccc(O[C@@H]2COC(C)(C)O[C@H]2c2ccc(OC)c(OC)c2)cc1. The lowest BCUT2D eigenvalue weighted by Gasteiger charge is -2.41. The Morgan fingerprint density at radius 1 is 0.976 bits per heavy atom. The van der Waals surface area contributed by atoms with Gasteiger partial charge in [-0.2, -0.15) is 0 Å². The van der Waals surface area contributed by atoms with Gasteiger partial charge in [-0.05, 0) is 75.2 Å². The van der Waals surface area contributed by atoms with E-state index in [-0.39, 0.29) is 13.2 Å². The molecule has 1 heterocycles. The second-order valence-electron chi connectivity index (χ2n) is 10.1. The van der Waals surface area contributed by atoms with Crippen LogP contribution >= 0.6 is 0 Å². The predicted molar refractivity (Wildman–Crippen MR) is 151 cm³/mol. The van der Waals surface area contributed by atoms with E-state index in [2.05, 4.69) is 0 Å². The van der Waals surface area contributed by atoms with Gasteiger partial charge < -0.3 is 38.3 Å². The number of ether oxygens (including phenoxy) is 7. The quantitative estimate of drug-likeness (QED) is 0.309. The van der Waals surface area contributed by atoms with Gasteiger partial charge in [0.05, 0.1) is 27.4 Å². The van der Waals surface area contributed by atoms with Crippen LogP contribution in [0.1, 0.15) is 49.7 Å². The van der Waals surface area contributed by atoms with Crippen molar-refractivity contribution >= 4 is 5.97 Å². The maximum atomic E-state index is 12.7. The second-order valence-corrected chi connectivity index (χ2v) is 10.1. The van der Waals surface area contributed by atoms with Gasteiger partial charge in [0.1, 0.15) is 23.7 Å². The summed E-state index contributed by atoms with van der Waals surface area (Å²) in [5.41, 5.74) is 2.37. The van der Waals surface area contributed by atoms with Crippen molar-refractivity contribution in [2.75, 3.05) is 27.4 Å². The summed E-state index contributed by atoms with van der Waals surface area (Å²) in [6.07, 6.45) is -3.46. The van der Waals surface area contributed by atoms with E-state index >= 15 is 0 Å². The van der Waals surface area contributed by atoms with E-state index < -0.39 is 36.2 Å². The van der Waals surface area contributed by atoms with Gasteiger partial charge in [-0.3, -0.25) is 0 Å². The number of aliphatic hydroxyl groups excluding tert-OH is 1. The molecule has 1 N–H and O–H groups in total. The first-order chi connectivity index (χ1) is 19.6. The minimum atomic E-state index is -1.27. The number of methoxy groups -OCH3 is 2. The highest BCUT2D eigenvalue weighted by molar-refractivity contribution is 5.76. The van der Waals surface area contributed by atoms with Crippen LogP contribution in [0.4, 0.5) is 0 Å². The Morgan fingerprint density at radius 2 is 1.63 bits per heavy atom. The molecule has 0 aliphatic carbocycles. The molecule has 3 aromatic carbocycles. The monoisotopic (exact) mass is 566 g/mol. The summed E-state index contributed by atoms with van der Waals surface area (Å²) in [6, 6.07) is 19.6. The van der Waals surface area contributed by atoms with E-state index in [1.807, 2.05) is 51.1 Å². The average molecular weight is 567 g/mol. The normalized spacial score (nSPS) is 19.5. The zero-order chi connectivity index (χ0) is 29.6. The largest absolute Gasteiger partial charge is 0.493 e. The third-order valence-electron chi connectivity index (χ3n) is 6.68. The molecule has 1 saturated heterocycles. The fourth-order valence-corrected chi connectivity index (χ4v) is 4.52. The molecule has 4 atom stereocenters. The number of hydrogen-bond donors (Lipinski definition) is 1. The number of rotatable bonds is 11. The molecule has 9 heteroatoms. The summed E-state index contributed by atoms with van der Waals surface area (Å²) in [4.78, 5) is 12.7. The van der Waals surface area contributed by atoms with Gasteiger partial charge in [0, 0.05) is 0 Å². The number of aryl methyl sites for hydroxylation is 1. The van der Waals surface area contributed by atoms with Crippen molar-refractivity contribution in [2.45, 2.75) is 57.9 Å². The second kappa shape index (κ2) is 13.2. The molecule has 1 fully saturated rings. The number of carbonyl (C=O) groups excluding carboxylic acids is 1. The molecule has 0 spiro atoms. The third kappa shape index (κ3) is 7.49. The van der Waals surface area contributed by atoms with Crippen molar-refractivity contribution in [1.82, 2.24) is 0 Å². The summed E-state index contributed by atoms with van der Waals surface area (Å²) in [5.74, 6) is 0.716. The predicted octanol–water partition coefficient (Wildman–Crippen LogP) is 5.33. The van der Waals surface area contributed by atoms with Crippen molar-refractivity contribution < 1.29 is 43.1 Å². The maximum absolute atomic E-state index is 12.7. The summed E-state index contributed by atoms with van der Waals surface area (Å²) in [6.45, 7) is 7.81. The van der Waals surface area contributed by atoms with Gasteiger partial charge in [0.15, 0.2) is 23.4 Å². The van der Waals surface area contributed by atoms with Crippen molar-refractivity contribution in [1.29, 1.82) is 0 Å². The molecule has 220 valence electrons. The molecule has 0 saturated carbocycles. The van der Waals surface area contributed by atoms with Crippen molar-refractivity contribution in [3.05, 3.63) is 83.4 Å². The smallest absolute Gasteiger partial charge is 0.350 e. The van der Waals surface area contributed by atoms with E-state index in [9.17, 15) is 9.90 Å². The van der Waals surface area contributed by atoms with Crippen LogP contribution in [0.2, 0.25) is 0 Å². The Balaban J connectivity index is 1.52. The van der Waals surface area contributed by atoms with Crippen LogP contribution in [-0.2, 0) is 19.0 Å². The average Bonchev–Trinajstić information content (AvgIpc) is 2.97. The molecule has 4 rings (SSSR count). The van der Waals surface area contributed by atoms with Crippen LogP contribution < -0.4 is 18.9 Å². The van der Waals surface area contributed by atoms with Crippen LogP contribution in [0.15, 0.2) is 66.7 Å². The Labute approximate surface area is 240 Å². The zero-order valence-corrected chi connectivity index (χ0v) is 24.3. The van der Waals surface area contributed by atoms with Crippen molar-refractivity contribution in [2.24, 2.45) is 0 Å². The molecular formula is C32H38O9. The highest BCUT2D eigenvalue weighted by Gasteiger charge is 2.39. The lowest BCUT2D eigenvalue weighted by Crippen LogP contribution is -2.46. The molecule has 0 radical (unpaired) electrons. The van der Waals surface area contributed by atoms with Gasteiger partial charge in [-0.15, -0.1) is 0 Å². The Morgan fingerprint density at radius 3 is 2.27 bits per heavy atom. The maximum Gasteiger partial charge on any atom is 0.350 e. The Hall–Kier alpha value is -3.79. The van der Waals surface area contributed by atoms with Crippen molar-refractivity contribution in [3.63, 3.8) is 0 Å². The fourth-order valence-electron chi connectivity index (χ4n) is 4.52. The first-order valence-corrected chi connectivity index (χ1v) is 13.5. The first-order valence-electron chi connectivity index (χ1n) is 13.5. The van der Waals surface area contributed by atoms with E-state index in [1.165, 1.54) is 0 Å². The Bertz CT molecular complexity index is 1290. The van der Waals surface area contributed by atoms with Gasteiger partial charge in [-0.25, -0.2) is 4.79 Å². The molecule has 3 aromatic rings. The molecular weight excluding hydrogens is 528 g/mol. The molecule has 9 nitrogen and oxygen atoms in total. The first kappa shape index (κ1) is 30.2. The number of aliphatic hydroxyl groups is 1. The lowest BCUT2D eigenvalue weighted by molar-refractivity contribution is -0.302. The molecule has 1 aliphatic heterocycles. The molecule has 41 heavy (non-hydrogen) atoms. The Kier molecular flexibility index (Phi) is 9.75. The van der Waals surface area contributed by atoms with Crippen LogP contribution in [0, 0.1) is 6.92 Å². The topological polar surface area (TPSA) is 102 Å². The molecule has 0 amide bonds. The number of hydrogen-bond acceptors (Lipinski definition) is 9. The van der Waals surface area contributed by atoms with Gasteiger partial charge >= 0.3 is 5.97 Å². The standard InChI is InChI=1S/C32H38O9/c1-7-37-31(34)30(40-24-13-8-20(2)9-14-24)28(33)21-10-15-23(16-11-21)39-27-19-38-32(3,4)41-29(27)22-12-17-25(35-5)26(18-22)36-6/h8-18,27-30,33H,7,19H2,1-6H3/t27-,28?,29+,30?/m1/s1. The number of esters is 1. The van der Waals surface area contributed by atoms with E-state index in [1.54, 1.807) is 57.5 Å². The summed E-state index contributed by atoms with van der Waals surface area (Å²) < 4.78 is 40.4. The molecule has 0 aromatic heterocycles. The van der Waals surface area contributed by atoms with Crippen LogP contribution in [-0.4, -0.2) is 56.5 Å².